The van der Waals surface area contributed by atoms with E-state index in [2.05, 4.69) is 25.7 Å². The third-order valence-corrected chi connectivity index (χ3v) is 4.59. The van der Waals surface area contributed by atoms with Crippen molar-refractivity contribution in [1.29, 1.82) is 0 Å². The summed E-state index contributed by atoms with van der Waals surface area (Å²) in [5, 5.41) is 14.2. The van der Waals surface area contributed by atoms with Gasteiger partial charge in [0.05, 0.1) is 48.9 Å². The van der Waals surface area contributed by atoms with Gasteiger partial charge in [0.15, 0.2) is 0 Å². The molecule has 4 heterocycles. The summed E-state index contributed by atoms with van der Waals surface area (Å²) in [5.74, 6) is -0.118. The average molecular weight is 301 g/mol. The molecule has 2 bridgehead atoms. The first-order valence-corrected chi connectivity index (χ1v) is 7.66. The Balaban J connectivity index is 1.73. The maximum atomic E-state index is 12.0. The number of amides is 1. The molecule has 116 valence electrons. The predicted molar refractivity (Wildman–Crippen MR) is 81.0 cm³/mol. The van der Waals surface area contributed by atoms with Crippen LogP contribution in [0.15, 0.2) is 12.3 Å². The van der Waals surface area contributed by atoms with Crippen LogP contribution in [0.3, 0.4) is 0 Å². The molecule has 2 N–H and O–H groups in total. The summed E-state index contributed by atoms with van der Waals surface area (Å²) in [6.07, 6.45) is 3.99. The highest BCUT2D eigenvalue weighted by Gasteiger charge is 2.38. The van der Waals surface area contributed by atoms with Crippen molar-refractivity contribution < 1.29 is 9.53 Å². The van der Waals surface area contributed by atoms with E-state index >= 15 is 0 Å². The number of aryl methyl sites for hydroxylation is 1. The molecule has 2 saturated heterocycles. The van der Waals surface area contributed by atoms with Gasteiger partial charge < -0.3 is 20.3 Å². The van der Waals surface area contributed by atoms with E-state index in [0.717, 1.165) is 37.4 Å². The third kappa shape index (κ3) is 2.12. The lowest BCUT2D eigenvalue weighted by atomic mass is 10.1. The van der Waals surface area contributed by atoms with Gasteiger partial charge in [-0.2, -0.15) is 5.10 Å². The van der Waals surface area contributed by atoms with Gasteiger partial charge in [0.25, 0.3) is 5.91 Å². The van der Waals surface area contributed by atoms with Gasteiger partial charge in [0, 0.05) is 6.20 Å². The minimum Gasteiger partial charge on any atom is -0.377 e. The Hall–Kier alpha value is -2.15. The van der Waals surface area contributed by atoms with E-state index in [1.807, 2.05) is 13.0 Å². The van der Waals surface area contributed by atoms with Crippen molar-refractivity contribution in [2.24, 2.45) is 0 Å². The van der Waals surface area contributed by atoms with Gasteiger partial charge in [-0.25, -0.2) is 0 Å². The molecule has 3 aliphatic heterocycles. The van der Waals surface area contributed by atoms with Crippen LogP contribution >= 0.6 is 0 Å². The number of fused-ring (bicyclic) bond motifs is 2. The van der Waals surface area contributed by atoms with Crippen LogP contribution in [0.4, 0.5) is 5.69 Å². The standard InChI is InChI=1S/C15H19N5O2/c1-9-14(20-10-2-3-11(20)7-22-6-10)4-13(19-18-9)12-5-16-8-17-15(12)21/h4-5,10-11,16H,2-3,6-8H2,1H3,(H,17,21). The highest BCUT2D eigenvalue weighted by Crippen LogP contribution is 2.35. The van der Waals surface area contributed by atoms with E-state index in [4.69, 9.17) is 4.74 Å². The molecule has 0 saturated carbocycles. The Kier molecular flexibility index (Phi) is 3.22. The van der Waals surface area contributed by atoms with Gasteiger partial charge >= 0.3 is 0 Å². The highest BCUT2D eigenvalue weighted by atomic mass is 16.5. The van der Waals surface area contributed by atoms with Crippen molar-refractivity contribution >= 4 is 17.2 Å². The van der Waals surface area contributed by atoms with Crippen LogP contribution in [0.25, 0.3) is 5.57 Å². The normalized spacial score (nSPS) is 27.2. The lowest BCUT2D eigenvalue weighted by Crippen LogP contribution is -2.46. The van der Waals surface area contributed by atoms with E-state index in [1.165, 1.54) is 0 Å². The lowest BCUT2D eigenvalue weighted by Gasteiger charge is -2.37. The van der Waals surface area contributed by atoms with Crippen LogP contribution in [0.1, 0.15) is 24.2 Å². The van der Waals surface area contributed by atoms with Crippen molar-refractivity contribution in [3.63, 3.8) is 0 Å². The molecule has 0 spiro atoms. The fraction of sp³-hybridized carbons (Fsp3) is 0.533. The molecule has 0 aromatic carbocycles. The Morgan fingerprint density at radius 1 is 1.27 bits per heavy atom. The topological polar surface area (TPSA) is 79.4 Å². The number of anilines is 1. The second-order valence-corrected chi connectivity index (χ2v) is 5.97. The second-order valence-electron chi connectivity index (χ2n) is 5.97. The lowest BCUT2D eigenvalue weighted by molar-refractivity contribution is -0.115. The number of carbonyl (C=O) groups excluding carboxylic acids is 1. The molecule has 1 aromatic heterocycles. The fourth-order valence-electron chi connectivity index (χ4n) is 3.49. The van der Waals surface area contributed by atoms with E-state index in [0.29, 0.717) is 30.0 Å². The molecule has 4 rings (SSSR count). The number of carbonyl (C=O) groups is 1. The van der Waals surface area contributed by atoms with Gasteiger partial charge in [-0.1, -0.05) is 0 Å². The molecule has 0 aliphatic carbocycles. The number of nitrogens with zero attached hydrogens (tertiary/aromatic N) is 3. The van der Waals surface area contributed by atoms with Gasteiger partial charge in [0.2, 0.25) is 0 Å². The Bertz CT molecular complexity index is 629. The van der Waals surface area contributed by atoms with Crippen LogP contribution in [-0.4, -0.2) is 48.1 Å². The number of rotatable bonds is 2. The van der Waals surface area contributed by atoms with Crippen molar-refractivity contribution in [2.45, 2.75) is 31.8 Å². The minimum absolute atomic E-state index is 0.118. The molecular formula is C15H19N5O2. The Morgan fingerprint density at radius 3 is 2.77 bits per heavy atom. The first-order chi connectivity index (χ1) is 10.7. The fourth-order valence-corrected chi connectivity index (χ4v) is 3.49. The quantitative estimate of drug-likeness (QED) is 0.811. The number of aromatic nitrogens is 2. The van der Waals surface area contributed by atoms with Gasteiger partial charge in [-0.15, -0.1) is 5.10 Å². The number of hydrogen-bond donors (Lipinski definition) is 2. The van der Waals surface area contributed by atoms with E-state index < -0.39 is 0 Å². The summed E-state index contributed by atoms with van der Waals surface area (Å²) in [6.45, 7) is 3.94. The summed E-state index contributed by atoms with van der Waals surface area (Å²) in [6, 6.07) is 2.79. The molecule has 2 fully saturated rings. The van der Waals surface area contributed by atoms with E-state index in [9.17, 15) is 4.79 Å². The summed E-state index contributed by atoms with van der Waals surface area (Å²) < 4.78 is 5.65. The molecule has 1 amide bonds. The smallest absolute Gasteiger partial charge is 0.256 e. The minimum atomic E-state index is -0.118. The summed E-state index contributed by atoms with van der Waals surface area (Å²) in [4.78, 5) is 14.4. The van der Waals surface area contributed by atoms with Crippen LogP contribution in [0, 0.1) is 6.92 Å². The SMILES string of the molecule is Cc1nnc(C2=CNCNC2=O)cc1N1C2CCC1COC2. The predicted octanol–water partition coefficient (Wildman–Crippen LogP) is 0.170. The zero-order valence-corrected chi connectivity index (χ0v) is 12.5. The first kappa shape index (κ1) is 13.5. The Labute approximate surface area is 128 Å². The largest absolute Gasteiger partial charge is 0.377 e. The number of morpholine rings is 1. The maximum Gasteiger partial charge on any atom is 0.256 e. The number of nitrogens with one attached hydrogen (secondary N) is 2. The molecule has 3 aliphatic rings. The molecule has 2 unspecified atom stereocenters. The van der Waals surface area contributed by atoms with Crippen LogP contribution in [-0.2, 0) is 9.53 Å². The monoisotopic (exact) mass is 301 g/mol. The molecule has 0 radical (unpaired) electrons. The molecule has 2 atom stereocenters. The Morgan fingerprint density at radius 2 is 2.05 bits per heavy atom. The van der Waals surface area contributed by atoms with Crippen LogP contribution in [0.5, 0.6) is 0 Å². The van der Waals surface area contributed by atoms with Gasteiger partial charge in [-0.05, 0) is 25.8 Å². The zero-order chi connectivity index (χ0) is 15.1. The molecular weight excluding hydrogens is 282 g/mol. The molecule has 7 nitrogen and oxygen atoms in total. The molecule has 7 heteroatoms. The van der Waals surface area contributed by atoms with E-state index in [1.54, 1.807) is 6.20 Å². The molecule has 1 aromatic rings. The van der Waals surface area contributed by atoms with Crippen molar-refractivity contribution in [3.8, 4) is 0 Å². The number of ether oxygens (including phenoxy) is 1. The first-order valence-electron chi connectivity index (χ1n) is 7.66. The zero-order valence-electron chi connectivity index (χ0n) is 12.5. The second kappa shape index (κ2) is 5.24. The van der Waals surface area contributed by atoms with E-state index in [-0.39, 0.29) is 5.91 Å². The third-order valence-electron chi connectivity index (χ3n) is 4.59. The van der Waals surface area contributed by atoms with Crippen LogP contribution in [0.2, 0.25) is 0 Å². The maximum absolute atomic E-state index is 12.0. The van der Waals surface area contributed by atoms with Gasteiger partial charge in [0.1, 0.15) is 5.69 Å². The van der Waals surface area contributed by atoms with Crippen molar-refractivity contribution in [2.75, 3.05) is 24.8 Å². The van der Waals surface area contributed by atoms with Gasteiger partial charge in [-0.3, -0.25) is 4.79 Å². The highest BCUT2D eigenvalue weighted by molar-refractivity contribution is 6.19. The average Bonchev–Trinajstić information content (AvgIpc) is 2.77. The summed E-state index contributed by atoms with van der Waals surface area (Å²) in [7, 11) is 0. The summed E-state index contributed by atoms with van der Waals surface area (Å²) in [5.41, 5.74) is 3.10. The molecule has 22 heavy (non-hydrogen) atoms. The van der Waals surface area contributed by atoms with Crippen molar-refractivity contribution in [1.82, 2.24) is 20.8 Å². The van der Waals surface area contributed by atoms with Crippen molar-refractivity contribution in [3.05, 3.63) is 23.7 Å². The number of hydrogen-bond acceptors (Lipinski definition) is 6. The summed E-state index contributed by atoms with van der Waals surface area (Å²) >= 11 is 0. The van der Waals surface area contributed by atoms with Crippen LogP contribution < -0.4 is 15.5 Å².